The fourth-order valence-corrected chi connectivity index (χ4v) is 10.4. The van der Waals surface area contributed by atoms with E-state index in [1.165, 1.54) is 13.2 Å². The van der Waals surface area contributed by atoms with Gasteiger partial charge in [-0.2, -0.15) is 0 Å². The lowest BCUT2D eigenvalue weighted by Gasteiger charge is -2.45. The molecule has 2 fully saturated rings. The van der Waals surface area contributed by atoms with Gasteiger partial charge in [0.05, 0.1) is 6.61 Å². The van der Waals surface area contributed by atoms with Crippen LogP contribution in [0.25, 0.3) is 0 Å². The van der Waals surface area contributed by atoms with Crippen molar-refractivity contribution in [3.05, 3.63) is 72.8 Å². The lowest BCUT2D eigenvalue weighted by molar-refractivity contribution is -0.259. The summed E-state index contributed by atoms with van der Waals surface area (Å²) in [4.78, 5) is 13.6. The van der Waals surface area contributed by atoms with Gasteiger partial charge >= 0.3 is 0 Å². The zero-order valence-electron chi connectivity index (χ0n) is 22.3. The van der Waals surface area contributed by atoms with E-state index in [-0.39, 0.29) is 17.4 Å². The SMILES string of the molecule is CO[C@H]1C=CC(=O)[C@@]2(O1)[C@@H]1OC(C)(C)O[C@@H]1O[C@@H]2CO[Si](c1ccccc1)(c1ccccc1)C(C)(C)C. The number of carbonyl (C=O) groups excluding carboxylic acids is 1. The van der Waals surface area contributed by atoms with Crippen molar-refractivity contribution in [2.75, 3.05) is 13.7 Å². The van der Waals surface area contributed by atoms with Crippen LogP contribution in [0.3, 0.4) is 0 Å². The molecular weight excluding hydrogens is 488 g/mol. The normalized spacial score (nSPS) is 31.1. The molecule has 0 bridgehead atoms. The molecule has 0 aliphatic carbocycles. The number of hydrogen-bond acceptors (Lipinski definition) is 7. The highest BCUT2D eigenvalue weighted by Crippen LogP contribution is 2.48. The van der Waals surface area contributed by atoms with Crippen LogP contribution >= 0.6 is 0 Å². The highest BCUT2D eigenvalue weighted by molar-refractivity contribution is 6.99. The predicted octanol–water partition coefficient (Wildman–Crippen LogP) is 3.31. The molecule has 1 spiro atoms. The summed E-state index contributed by atoms with van der Waals surface area (Å²) in [6.45, 7) is 10.3. The van der Waals surface area contributed by atoms with Gasteiger partial charge in [-0.05, 0) is 41.4 Å². The molecule has 7 nitrogen and oxygen atoms in total. The van der Waals surface area contributed by atoms with Crippen molar-refractivity contribution in [3.8, 4) is 0 Å². The van der Waals surface area contributed by atoms with Crippen LogP contribution in [0.4, 0.5) is 0 Å². The van der Waals surface area contributed by atoms with Gasteiger partial charge in [0.25, 0.3) is 8.32 Å². The molecule has 3 aliphatic heterocycles. The van der Waals surface area contributed by atoms with Crippen molar-refractivity contribution >= 4 is 24.5 Å². The average molecular weight is 525 g/mol. The summed E-state index contributed by atoms with van der Waals surface area (Å²) < 4.78 is 37.5. The molecular formula is C29H36O7Si. The number of ether oxygens (including phenoxy) is 5. The van der Waals surface area contributed by atoms with Crippen molar-refractivity contribution in [2.45, 2.75) is 75.8 Å². The Morgan fingerprint density at radius 1 is 0.919 bits per heavy atom. The molecule has 0 N–H and O–H groups in total. The Labute approximate surface area is 219 Å². The van der Waals surface area contributed by atoms with E-state index < -0.39 is 44.5 Å². The number of carbonyl (C=O) groups is 1. The third kappa shape index (κ3) is 4.34. The van der Waals surface area contributed by atoms with E-state index in [4.69, 9.17) is 28.1 Å². The average Bonchev–Trinajstić information content (AvgIpc) is 3.32. The molecule has 5 rings (SSSR count). The van der Waals surface area contributed by atoms with Crippen LogP contribution in [0.15, 0.2) is 72.8 Å². The van der Waals surface area contributed by atoms with E-state index in [0.29, 0.717) is 0 Å². The maximum Gasteiger partial charge on any atom is 0.261 e. The maximum atomic E-state index is 13.6. The van der Waals surface area contributed by atoms with Crippen LogP contribution < -0.4 is 10.4 Å². The molecule has 37 heavy (non-hydrogen) atoms. The Morgan fingerprint density at radius 3 is 2.05 bits per heavy atom. The smallest absolute Gasteiger partial charge is 0.261 e. The number of rotatable bonds is 6. The van der Waals surface area contributed by atoms with Crippen LogP contribution in [-0.2, 0) is 32.9 Å². The summed E-state index contributed by atoms with van der Waals surface area (Å²) in [7, 11) is -1.35. The number of hydrogen-bond donors (Lipinski definition) is 0. The summed E-state index contributed by atoms with van der Waals surface area (Å²) in [5, 5.41) is 2.04. The van der Waals surface area contributed by atoms with E-state index in [9.17, 15) is 4.79 Å². The summed E-state index contributed by atoms with van der Waals surface area (Å²) in [5.74, 6) is -1.16. The lowest BCUT2D eigenvalue weighted by Crippen LogP contribution is -2.68. The molecule has 2 saturated heterocycles. The molecule has 0 radical (unpaired) electrons. The van der Waals surface area contributed by atoms with Gasteiger partial charge in [0, 0.05) is 7.11 Å². The zero-order chi connectivity index (χ0) is 26.5. The molecule has 0 unspecified atom stereocenters. The van der Waals surface area contributed by atoms with Gasteiger partial charge in [0.2, 0.25) is 0 Å². The molecule has 0 saturated carbocycles. The summed E-state index contributed by atoms with van der Waals surface area (Å²) in [5.41, 5.74) is -1.46. The van der Waals surface area contributed by atoms with Gasteiger partial charge in [-0.15, -0.1) is 0 Å². The maximum absolute atomic E-state index is 13.6. The summed E-state index contributed by atoms with van der Waals surface area (Å²) in [6.07, 6.45) is 0.0784. The van der Waals surface area contributed by atoms with Crippen molar-refractivity contribution in [3.63, 3.8) is 0 Å². The van der Waals surface area contributed by atoms with Gasteiger partial charge in [-0.1, -0.05) is 81.4 Å². The molecule has 198 valence electrons. The van der Waals surface area contributed by atoms with Crippen molar-refractivity contribution in [2.24, 2.45) is 0 Å². The molecule has 0 aromatic heterocycles. The van der Waals surface area contributed by atoms with Crippen molar-refractivity contribution in [1.29, 1.82) is 0 Å². The molecule has 2 aromatic carbocycles. The molecule has 5 atom stereocenters. The van der Waals surface area contributed by atoms with E-state index in [1.807, 2.05) is 36.4 Å². The van der Waals surface area contributed by atoms with E-state index in [0.717, 1.165) is 10.4 Å². The molecule has 0 amide bonds. The van der Waals surface area contributed by atoms with Crippen molar-refractivity contribution < 1.29 is 32.9 Å². The van der Waals surface area contributed by atoms with Gasteiger partial charge in [0.1, 0.15) is 6.10 Å². The minimum Gasteiger partial charge on any atom is -0.405 e. The lowest BCUT2D eigenvalue weighted by atomic mass is 9.86. The Hall–Kier alpha value is -2.17. The van der Waals surface area contributed by atoms with Crippen LogP contribution in [0.5, 0.6) is 0 Å². The van der Waals surface area contributed by atoms with Crippen molar-refractivity contribution in [1.82, 2.24) is 0 Å². The van der Waals surface area contributed by atoms with Crippen LogP contribution in [-0.4, -0.2) is 64.0 Å². The minimum absolute atomic E-state index is 0.115. The van der Waals surface area contributed by atoms with Crippen LogP contribution in [0.2, 0.25) is 5.04 Å². The third-order valence-corrected chi connectivity index (χ3v) is 12.5. The number of methoxy groups -OCH3 is 1. The van der Waals surface area contributed by atoms with Gasteiger partial charge < -0.3 is 28.1 Å². The van der Waals surface area contributed by atoms with Crippen LogP contribution in [0.1, 0.15) is 34.6 Å². The molecule has 3 aliphatic rings. The van der Waals surface area contributed by atoms with Crippen LogP contribution in [0, 0.1) is 0 Å². The predicted molar refractivity (Wildman–Crippen MR) is 141 cm³/mol. The first-order valence-corrected chi connectivity index (χ1v) is 14.6. The molecule has 2 aromatic rings. The number of benzene rings is 2. The quantitative estimate of drug-likeness (QED) is 0.537. The fraction of sp³-hybridized carbons (Fsp3) is 0.483. The topological polar surface area (TPSA) is 72.5 Å². The first kappa shape index (κ1) is 26.4. The highest BCUT2D eigenvalue weighted by Gasteiger charge is 2.69. The van der Waals surface area contributed by atoms with E-state index >= 15 is 0 Å². The second-order valence-corrected chi connectivity index (χ2v) is 15.6. The Balaban J connectivity index is 1.57. The number of fused-ring (bicyclic) bond motifs is 2. The summed E-state index contributed by atoms with van der Waals surface area (Å²) in [6, 6.07) is 20.7. The second-order valence-electron chi connectivity index (χ2n) is 11.3. The van der Waals surface area contributed by atoms with Gasteiger partial charge in [-0.3, -0.25) is 4.79 Å². The Kier molecular flexibility index (Phi) is 6.81. The fourth-order valence-electron chi connectivity index (χ4n) is 5.85. The second kappa shape index (κ2) is 9.54. The standard InChI is InChI=1S/C29H36O7Si/c1-27(2,3)37(20-13-9-7-10-14-20,21-15-11-8-12-16-21)32-19-23-29(22(30)17-18-24(31-6)34-29)25-26(33-23)36-28(4,5)35-25/h7-18,23-26H,19H2,1-6H3/t23-,24-,25-,26+,29+/m1/s1. The first-order valence-electron chi connectivity index (χ1n) is 12.7. The van der Waals surface area contributed by atoms with Gasteiger partial charge in [0.15, 0.2) is 35.9 Å². The monoisotopic (exact) mass is 524 g/mol. The minimum atomic E-state index is -2.89. The first-order chi connectivity index (χ1) is 17.5. The molecule has 8 heteroatoms. The molecule has 3 heterocycles. The Bertz CT molecular complexity index is 1100. The van der Waals surface area contributed by atoms with Gasteiger partial charge in [-0.25, -0.2) is 0 Å². The largest absolute Gasteiger partial charge is 0.405 e. The highest BCUT2D eigenvalue weighted by atomic mass is 28.4. The zero-order valence-corrected chi connectivity index (χ0v) is 23.3. The Morgan fingerprint density at radius 2 is 1.51 bits per heavy atom. The third-order valence-electron chi connectivity index (χ3n) is 7.46. The van der Waals surface area contributed by atoms with E-state index in [2.05, 4.69) is 45.0 Å². The number of ketones is 1. The summed E-state index contributed by atoms with van der Waals surface area (Å²) >= 11 is 0. The van der Waals surface area contributed by atoms with E-state index in [1.54, 1.807) is 19.9 Å².